The third-order valence-corrected chi connectivity index (χ3v) is 6.49. The van der Waals surface area contributed by atoms with Gasteiger partial charge in [0.05, 0.1) is 0 Å². The van der Waals surface area contributed by atoms with Crippen molar-refractivity contribution < 1.29 is 14.4 Å². The SMILES string of the molecule is O=C1CCC(N2Cc3cc(CN[C@H]4C[C@@H]5CNC4C5)ccc3C2=O)C(=O)N1. The molecule has 3 aliphatic heterocycles. The quantitative estimate of drug-likeness (QED) is 0.665. The van der Waals surface area contributed by atoms with Crippen molar-refractivity contribution in [1.82, 2.24) is 20.9 Å². The molecule has 1 saturated carbocycles. The molecule has 4 aliphatic rings. The second-order valence-electron chi connectivity index (χ2n) is 8.23. The van der Waals surface area contributed by atoms with E-state index >= 15 is 0 Å². The fraction of sp³-hybridized carbons (Fsp3) is 0.550. The summed E-state index contributed by atoms with van der Waals surface area (Å²) in [7, 11) is 0. The Labute approximate surface area is 157 Å². The van der Waals surface area contributed by atoms with Gasteiger partial charge in [-0.3, -0.25) is 19.7 Å². The van der Waals surface area contributed by atoms with Gasteiger partial charge >= 0.3 is 0 Å². The summed E-state index contributed by atoms with van der Waals surface area (Å²) in [4.78, 5) is 37.8. The van der Waals surface area contributed by atoms with Gasteiger partial charge in [-0.25, -0.2) is 0 Å². The number of hydrogen-bond donors (Lipinski definition) is 3. The summed E-state index contributed by atoms with van der Waals surface area (Å²) in [6, 6.07) is 6.52. The molecule has 27 heavy (non-hydrogen) atoms. The van der Waals surface area contributed by atoms with Crippen LogP contribution >= 0.6 is 0 Å². The zero-order valence-electron chi connectivity index (χ0n) is 15.2. The molecule has 1 aromatic carbocycles. The first kappa shape index (κ1) is 16.9. The van der Waals surface area contributed by atoms with Gasteiger partial charge < -0.3 is 15.5 Å². The van der Waals surface area contributed by atoms with E-state index in [0.29, 0.717) is 30.6 Å². The number of benzene rings is 1. The van der Waals surface area contributed by atoms with Crippen molar-refractivity contribution in [3.63, 3.8) is 0 Å². The van der Waals surface area contributed by atoms with Crippen molar-refractivity contribution in [3.05, 3.63) is 34.9 Å². The standard InChI is InChI=1S/C20H24N4O3/c25-18-4-3-17(19(26)23-18)24-10-13-5-11(1-2-14(13)20(24)27)8-21-15-6-12-7-16(15)22-9-12/h1-2,5,12,15-17,21-22H,3-4,6-10H2,(H,23,25,26)/t12-,15-,16?,17?/m0/s1. The van der Waals surface area contributed by atoms with Gasteiger partial charge in [-0.2, -0.15) is 0 Å². The molecule has 1 aromatic rings. The Morgan fingerprint density at radius 1 is 1.19 bits per heavy atom. The monoisotopic (exact) mass is 368 g/mol. The predicted octanol–water partition coefficient (Wildman–Crippen LogP) is 0.288. The number of nitrogens with zero attached hydrogens (tertiary/aromatic N) is 1. The lowest BCUT2D eigenvalue weighted by atomic mass is 10.0. The van der Waals surface area contributed by atoms with E-state index in [-0.39, 0.29) is 24.1 Å². The van der Waals surface area contributed by atoms with E-state index in [1.807, 2.05) is 12.1 Å². The van der Waals surface area contributed by atoms with E-state index in [9.17, 15) is 14.4 Å². The summed E-state index contributed by atoms with van der Waals surface area (Å²) in [5, 5.41) is 9.56. The van der Waals surface area contributed by atoms with E-state index in [2.05, 4.69) is 22.0 Å². The summed E-state index contributed by atoms with van der Waals surface area (Å²) in [6.45, 7) is 2.37. The molecule has 0 spiro atoms. The highest BCUT2D eigenvalue weighted by molar-refractivity contribution is 6.05. The largest absolute Gasteiger partial charge is 0.322 e. The normalized spacial score (nSPS) is 32.1. The van der Waals surface area contributed by atoms with Crippen LogP contribution in [0.15, 0.2) is 18.2 Å². The first-order chi connectivity index (χ1) is 13.1. The van der Waals surface area contributed by atoms with Crippen LogP contribution in [-0.2, 0) is 22.7 Å². The van der Waals surface area contributed by atoms with E-state index in [4.69, 9.17) is 0 Å². The minimum atomic E-state index is -0.552. The Bertz CT molecular complexity index is 823. The molecule has 3 fully saturated rings. The highest BCUT2D eigenvalue weighted by Gasteiger charge is 2.40. The zero-order chi connectivity index (χ0) is 18.5. The van der Waals surface area contributed by atoms with Crippen LogP contribution in [0.2, 0.25) is 0 Å². The fourth-order valence-corrected chi connectivity index (χ4v) is 5.07. The highest BCUT2D eigenvalue weighted by Crippen LogP contribution is 2.32. The second kappa shape index (κ2) is 6.42. The van der Waals surface area contributed by atoms with E-state index < -0.39 is 6.04 Å². The third kappa shape index (κ3) is 2.95. The highest BCUT2D eigenvalue weighted by atomic mass is 16.2. The second-order valence-corrected chi connectivity index (χ2v) is 8.23. The molecule has 2 unspecified atom stereocenters. The molecule has 3 N–H and O–H groups in total. The van der Waals surface area contributed by atoms with Crippen LogP contribution in [0.4, 0.5) is 0 Å². The maximum Gasteiger partial charge on any atom is 0.255 e. The molecule has 142 valence electrons. The summed E-state index contributed by atoms with van der Waals surface area (Å²) in [6.07, 6.45) is 3.20. The number of amides is 3. The van der Waals surface area contributed by atoms with Crippen LogP contribution in [0.1, 0.15) is 47.2 Å². The van der Waals surface area contributed by atoms with Crippen LogP contribution in [-0.4, -0.2) is 47.3 Å². The summed E-state index contributed by atoms with van der Waals surface area (Å²) >= 11 is 0. The maximum absolute atomic E-state index is 12.7. The van der Waals surface area contributed by atoms with Crippen LogP contribution in [0.3, 0.4) is 0 Å². The van der Waals surface area contributed by atoms with Gasteiger partial charge in [0, 0.05) is 37.2 Å². The van der Waals surface area contributed by atoms with Gasteiger partial charge in [0.25, 0.3) is 5.91 Å². The molecule has 4 atom stereocenters. The van der Waals surface area contributed by atoms with Crippen molar-refractivity contribution >= 4 is 17.7 Å². The number of carbonyl (C=O) groups is 3. The molecule has 0 aromatic heterocycles. The molecule has 0 radical (unpaired) electrons. The molecule has 2 bridgehead atoms. The molecule has 7 heteroatoms. The number of nitrogens with one attached hydrogen (secondary N) is 3. The minimum absolute atomic E-state index is 0.115. The lowest BCUT2D eigenvalue weighted by Gasteiger charge is -2.29. The number of carbonyl (C=O) groups excluding carboxylic acids is 3. The van der Waals surface area contributed by atoms with Crippen molar-refractivity contribution in [1.29, 1.82) is 0 Å². The molecule has 2 saturated heterocycles. The predicted molar refractivity (Wildman–Crippen MR) is 97.6 cm³/mol. The van der Waals surface area contributed by atoms with Crippen LogP contribution in [0.5, 0.6) is 0 Å². The van der Waals surface area contributed by atoms with Gasteiger partial charge in [-0.15, -0.1) is 0 Å². The average molecular weight is 368 g/mol. The Morgan fingerprint density at radius 2 is 2.07 bits per heavy atom. The maximum atomic E-state index is 12.7. The van der Waals surface area contributed by atoms with E-state index in [0.717, 1.165) is 30.1 Å². The summed E-state index contributed by atoms with van der Waals surface area (Å²) < 4.78 is 0. The summed E-state index contributed by atoms with van der Waals surface area (Å²) in [5.41, 5.74) is 2.80. The lowest BCUT2D eigenvalue weighted by molar-refractivity contribution is -0.136. The number of piperidine rings is 2. The topological polar surface area (TPSA) is 90.5 Å². The lowest BCUT2D eigenvalue weighted by Crippen LogP contribution is -2.52. The van der Waals surface area contributed by atoms with Crippen LogP contribution in [0, 0.1) is 5.92 Å². The van der Waals surface area contributed by atoms with E-state index in [1.165, 1.54) is 12.8 Å². The van der Waals surface area contributed by atoms with Crippen LogP contribution < -0.4 is 16.0 Å². The van der Waals surface area contributed by atoms with Crippen molar-refractivity contribution in [2.75, 3.05) is 6.54 Å². The van der Waals surface area contributed by atoms with Gasteiger partial charge in [-0.1, -0.05) is 12.1 Å². The number of imide groups is 1. The average Bonchev–Trinajstić information content (AvgIpc) is 3.35. The smallest absolute Gasteiger partial charge is 0.255 e. The van der Waals surface area contributed by atoms with Gasteiger partial charge in [0.1, 0.15) is 6.04 Å². The molecule has 1 aliphatic carbocycles. The molecule has 5 rings (SSSR count). The fourth-order valence-electron chi connectivity index (χ4n) is 5.07. The molecular weight excluding hydrogens is 344 g/mol. The van der Waals surface area contributed by atoms with Crippen molar-refractivity contribution in [3.8, 4) is 0 Å². The minimum Gasteiger partial charge on any atom is -0.322 e. The van der Waals surface area contributed by atoms with Crippen molar-refractivity contribution in [2.24, 2.45) is 5.92 Å². The molecule has 3 amide bonds. The van der Waals surface area contributed by atoms with Gasteiger partial charge in [-0.05, 0) is 48.9 Å². The van der Waals surface area contributed by atoms with Crippen molar-refractivity contribution in [2.45, 2.75) is 56.9 Å². The zero-order valence-corrected chi connectivity index (χ0v) is 15.2. The number of rotatable bonds is 4. The van der Waals surface area contributed by atoms with Crippen LogP contribution in [0.25, 0.3) is 0 Å². The Hall–Kier alpha value is -2.25. The summed E-state index contributed by atoms with van der Waals surface area (Å²) in [5.74, 6) is 0.0745. The first-order valence-electron chi connectivity index (χ1n) is 9.82. The van der Waals surface area contributed by atoms with Gasteiger partial charge in [0.2, 0.25) is 11.8 Å². The molecule has 3 heterocycles. The Kier molecular flexibility index (Phi) is 4.02. The third-order valence-electron chi connectivity index (χ3n) is 6.49. The number of fused-ring (bicyclic) bond motifs is 3. The Morgan fingerprint density at radius 3 is 2.81 bits per heavy atom. The first-order valence-corrected chi connectivity index (χ1v) is 9.82. The molecule has 7 nitrogen and oxygen atoms in total. The Balaban J connectivity index is 1.26. The van der Waals surface area contributed by atoms with Gasteiger partial charge in [0.15, 0.2) is 0 Å². The molecular formula is C20H24N4O3. The van der Waals surface area contributed by atoms with E-state index in [1.54, 1.807) is 4.90 Å². The number of hydrogen-bond acceptors (Lipinski definition) is 5.